The summed E-state index contributed by atoms with van der Waals surface area (Å²) in [4.78, 5) is 12.1. The average molecular weight is 330 g/mol. The third-order valence-electron chi connectivity index (χ3n) is 2.93. The van der Waals surface area contributed by atoms with Crippen molar-refractivity contribution in [2.45, 2.75) is 13.1 Å². The van der Waals surface area contributed by atoms with Gasteiger partial charge in [-0.05, 0) is 37.3 Å². The Kier molecular flexibility index (Phi) is 4.32. The maximum absolute atomic E-state index is 13.0. The Morgan fingerprint density at radius 2 is 1.86 bits per heavy atom. The predicted molar refractivity (Wildman–Crippen MR) is 77.3 cm³/mol. The monoisotopic (exact) mass is 329 g/mol. The van der Waals surface area contributed by atoms with Crippen LogP contribution >= 0.6 is 11.6 Å². The molecular weight excluding hydrogens is 319 g/mol. The minimum Gasteiger partial charge on any atom is -0.507 e. The normalized spacial score (nSPS) is 11.3. The van der Waals surface area contributed by atoms with Crippen LogP contribution in [0.3, 0.4) is 0 Å². The summed E-state index contributed by atoms with van der Waals surface area (Å²) in [6, 6.07) is 7.28. The van der Waals surface area contributed by atoms with Crippen molar-refractivity contribution < 1.29 is 23.1 Å². The first-order chi connectivity index (χ1) is 10.2. The minimum atomic E-state index is -4.61. The molecule has 0 radical (unpaired) electrons. The zero-order valence-electron chi connectivity index (χ0n) is 11.3. The molecule has 0 aromatic heterocycles. The fourth-order valence-corrected chi connectivity index (χ4v) is 2.05. The van der Waals surface area contributed by atoms with E-state index in [1.165, 1.54) is 31.2 Å². The number of carbonyl (C=O) groups is 1. The molecule has 0 aliphatic carbocycles. The molecule has 0 atom stereocenters. The Hall–Kier alpha value is -2.21. The van der Waals surface area contributed by atoms with Gasteiger partial charge in [0, 0.05) is 5.02 Å². The Labute approximate surface area is 129 Å². The Morgan fingerprint density at radius 1 is 1.18 bits per heavy atom. The van der Waals surface area contributed by atoms with Crippen LogP contribution in [0, 0.1) is 6.92 Å². The third kappa shape index (κ3) is 3.51. The van der Waals surface area contributed by atoms with E-state index in [0.29, 0.717) is 5.56 Å². The molecule has 0 unspecified atom stereocenters. The molecular formula is C15H11ClF3NO2. The number of carbonyl (C=O) groups excluding carboxylic acids is 1. The smallest absolute Gasteiger partial charge is 0.418 e. The molecule has 1 amide bonds. The highest BCUT2D eigenvalue weighted by Gasteiger charge is 2.34. The molecule has 0 fully saturated rings. The molecule has 22 heavy (non-hydrogen) atoms. The predicted octanol–water partition coefficient (Wildman–Crippen LogP) is 4.63. The number of hydrogen-bond acceptors (Lipinski definition) is 2. The van der Waals surface area contributed by atoms with E-state index in [0.717, 1.165) is 12.1 Å². The van der Waals surface area contributed by atoms with Gasteiger partial charge in [0.15, 0.2) is 0 Å². The van der Waals surface area contributed by atoms with Gasteiger partial charge in [-0.25, -0.2) is 0 Å². The first kappa shape index (κ1) is 16.2. The van der Waals surface area contributed by atoms with Crippen LogP contribution < -0.4 is 5.32 Å². The van der Waals surface area contributed by atoms with Crippen LogP contribution in [-0.4, -0.2) is 11.0 Å². The summed E-state index contributed by atoms with van der Waals surface area (Å²) in [5.41, 5.74) is -1.14. The number of rotatable bonds is 2. The number of halogens is 4. The highest BCUT2D eigenvalue weighted by Crippen LogP contribution is 2.36. The second-order valence-electron chi connectivity index (χ2n) is 4.66. The number of nitrogens with one attached hydrogen (secondary N) is 1. The summed E-state index contributed by atoms with van der Waals surface area (Å²) in [5, 5.41) is 11.9. The molecule has 0 heterocycles. The maximum Gasteiger partial charge on any atom is 0.418 e. The molecule has 0 spiro atoms. The van der Waals surface area contributed by atoms with Gasteiger partial charge in [-0.1, -0.05) is 23.2 Å². The number of hydrogen-bond donors (Lipinski definition) is 2. The molecule has 0 saturated heterocycles. The van der Waals surface area contributed by atoms with Crippen molar-refractivity contribution >= 4 is 23.2 Å². The summed E-state index contributed by atoms with van der Waals surface area (Å²) >= 11 is 5.72. The van der Waals surface area contributed by atoms with E-state index >= 15 is 0 Å². The number of aromatic hydroxyl groups is 1. The SMILES string of the molecule is Cc1ccc(NC(=O)c2cc(Cl)ccc2O)c(C(F)(F)F)c1. The van der Waals surface area contributed by atoms with Crippen LogP contribution in [0.2, 0.25) is 5.02 Å². The number of benzene rings is 2. The Bertz CT molecular complexity index is 729. The van der Waals surface area contributed by atoms with Crippen LogP contribution in [0.4, 0.5) is 18.9 Å². The summed E-state index contributed by atoms with van der Waals surface area (Å²) in [6.45, 7) is 1.52. The van der Waals surface area contributed by atoms with Crippen molar-refractivity contribution in [3.8, 4) is 5.75 Å². The lowest BCUT2D eigenvalue weighted by Gasteiger charge is -2.15. The summed E-state index contributed by atoms with van der Waals surface area (Å²) in [6.07, 6.45) is -4.61. The van der Waals surface area contributed by atoms with E-state index in [9.17, 15) is 23.1 Å². The molecule has 116 valence electrons. The fraction of sp³-hybridized carbons (Fsp3) is 0.133. The zero-order valence-corrected chi connectivity index (χ0v) is 12.1. The van der Waals surface area contributed by atoms with Gasteiger partial charge in [0.25, 0.3) is 5.91 Å². The summed E-state index contributed by atoms with van der Waals surface area (Å²) in [5.74, 6) is -1.25. The highest BCUT2D eigenvalue weighted by atomic mass is 35.5. The lowest BCUT2D eigenvalue weighted by Crippen LogP contribution is -2.17. The van der Waals surface area contributed by atoms with Crippen molar-refractivity contribution in [2.24, 2.45) is 0 Å². The van der Waals surface area contributed by atoms with Crippen LogP contribution in [0.15, 0.2) is 36.4 Å². The van der Waals surface area contributed by atoms with Crippen LogP contribution in [0.25, 0.3) is 0 Å². The number of alkyl halides is 3. The number of phenolic OH excluding ortho intramolecular Hbond substituents is 1. The van der Waals surface area contributed by atoms with E-state index in [2.05, 4.69) is 5.32 Å². The second kappa shape index (κ2) is 5.88. The lowest BCUT2D eigenvalue weighted by atomic mass is 10.1. The van der Waals surface area contributed by atoms with Gasteiger partial charge in [0.05, 0.1) is 16.8 Å². The summed E-state index contributed by atoms with van der Waals surface area (Å²) in [7, 11) is 0. The van der Waals surface area contributed by atoms with E-state index in [1.54, 1.807) is 0 Å². The van der Waals surface area contributed by atoms with Gasteiger partial charge in [-0.3, -0.25) is 4.79 Å². The number of amides is 1. The van der Waals surface area contributed by atoms with Crippen LogP contribution in [0.5, 0.6) is 5.75 Å². The largest absolute Gasteiger partial charge is 0.507 e. The molecule has 0 aliphatic heterocycles. The standard InChI is InChI=1S/C15H11ClF3NO2/c1-8-2-4-12(11(6-8)15(17,18)19)20-14(22)10-7-9(16)3-5-13(10)21/h2-7,21H,1H3,(H,20,22). The second-order valence-corrected chi connectivity index (χ2v) is 5.10. The molecule has 3 nitrogen and oxygen atoms in total. The van der Waals surface area contributed by atoms with Gasteiger partial charge in [-0.15, -0.1) is 0 Å². The fourth-order valence-electron chi connectivity index (χ4n) is 1.88. The lowest BCUT2D eigenvalue weighted by molar-refractivity contribution is -0.136. The van der Waals surface area contributed by atoms with E-state index in [4.69, 9.17) is 11.6 Å². The first-order valence-corrected chi connectivity index (χ1v) is 6.54. The van der Waals surface area contributed by atoms with Gasteiger partial charge in [0.1, 0.15) is 5.75 Å². The average Bonchev–Trinajstić information content (AvgIpc) is 2.42. The van der Waals surface area contributed by atoms with Crippen LogP contribution in [-0.2, 0) is 6.18 Å². The molecule has 0 saturated carbocycles. The summed E-state index contributed by atoms with van der Waals surface area (Å²) < 4.78 is 39.0. The van der Waals surface area contributed by atoms with Gasteiger partial charge >= 0.3 is 6.18 Å². The van der Waals surface area contributed by atoms with Gasteiger partial charge in [0.2, 0.25) is 0 Å². The minimum absolute atomic E-state index is 0.183. The molecule has 7 heteroatoms. The van der Waals surface area contributed by atoms with Crippen molar-refractivity contribution in [1.82, 2.24) is 0 Å². The molecule has 2 aromatic carbocycles. The molecule has 2 N–H and O–H groups in total. The third-order valence-corrected chi connectivity index (χ3v) is 3.17. The number of anilines is 1. The topological polar surface area (TPSA) is 49.3 Å². The quantitative estimate of drug-likeness (QED) is 0.844. The molecule has 2 aromatic rings. The molecule has 0 bridgehead atoms. The van der Waals surface area contributed by atoms with Crippen molar-refractivity contribution in [3.05, 3.63) is 58.1 Å². The first-order valence-electron chi connectivity index (χ1n) is 6.16. The molecule has 0 aliphatic rings. The van der Waals surface area contributed by atoms with E-state index in [1.807, 2.05) is 0 Å². The van der Waals surface area contributed by atoms with E-state index in [-0.39, 0.29) is 22.0 Å². The highest BCUT2D eigenvalue weighted by molar-refractivity contribution is 6.31. The number of phenols is 1. The Morgan fingerprint density at radius 3 is 2.50 bits per heavy atom. The zero-order chi connectivity index (χ0) is 16.5. The van der Waals surface area contributed by atoms with Crippen molar-refractivity contribution in [1.29, 1.82) is 0 Å². The molecule has 2 rings (SSSR count). The van der Waals surface area contributed by atoms with Gasteiger partial charge < -0.3 is 10.4 Å². The van der Waals surface area contributed by atoms with Crippen LogP contribution in [0.1, 0.15) is 21.5 Å². The van der Waals surface area contributed by atoms with Gasteiger partial charge in [-0.2, -0.15) is 13.2 Å². The number of aryl methyl sites for hydroxylation is 1. The van der Waals surface area contributed by atoms with Crippen molar-refractivity contribution in [2.75, 3.05) is 5.32 Å². The Balaban J connectivity index is 2.39. The van der Waals surface area contributed by atoms with E-state index < -0.39 is 17.6 Å². The van der Waals surface area contributed by atoms with Crippen molar-refractivity contribution in [3.63, 3.8) is 0 Å². The maximum atomic E-state index is 13.0.